The minimum atomic E-state index is -0.0484. The van der Waals surface area contributed by atoms with E-state index in [1.807, 2.05) is 38.1 Å². The van der Waals surface area contributed by atoms with Crippen LogP contribution < -0.4 is 16.0 Å². The minimum absolute atomic E-state index is 0.0484. The molecule has 6 heteroatoms. The maximum atomic E-state index is 11.8. The first-order valence-electron chi connectivity index (χ1n) is 8.10. The highest BCUT2D eigenvalue weighted by Crippen LogP contribution is 2.05. The Bertz CT molecular complexity index is 503. The zero-order valence-electron chi connectivity index (χ0n) is 14.3. The molecule has 23 heavy (non-hydrogen) atoms. The van der Waals surface area contributed by atoms with Crippen LogP contribution in [0, 0.1) is 0 Å². The van der Waals surface area contributed by atoms with Gasteiger partial charge in [-0.2, -0.15) is 0 Å². The first kappa shape index (κ1) is 19.0. The lowest BCUT2D eigenvalue weighted by molar-refractivity contribution is 0.0955. The third-order valence-corrected chi connectivity index (χ3v) is 3.17. The molecule has 0 saturated carbocycles. The first-order chi connectivity index (χ1) is 11.2. The van der Waals surface area contributed by atoms with Crippen molar-refractivity contribution in [1.29, 1.82) is 0 Å². The highest BCUT2D eigenvalue weighted by Gasteiger charge is 2.05. The topological polar surface area (TPSA) is 74.8 Å². The maximum absolute atomic E-state index is 11.8. The molecule has 0 aliphatic rings. The molecule has 1 amide bonds. The van der Waals surface area contributed by atoms with Crippen molar-refractivity contribution in [2.45, 2.75) is 26.8 Å². The van der Waals surface area contributed by atoms with E-state index in [4.69, 9.17) is 4.74 Å². The van der Waals surface area contributed by atoms with E-state index in [0.29, 0.717) is 18.7 Å². The van der Waals surface area contributed by atoms with E-state index in [-0.39, 0.29) is 5.91 Å². The van der Waals surface area contributed by atoms with Crippen molar-refractivity contribution in [1.82, 2.24) is 16.0 Å². The van der Waals surface area contributed by atoms with Crippen LogP contribution >= 0.6 is 0 Å². The van der Waals surface area contributed by atoms with Crippen molar-refractivity contribution < 1.29 is 9.53 Å². The molecule has 128 valence electrons. The van der Waals surface area contributed by atoms with Crippen LogP contribution in [-0.2, 0) is 11.3 Å². The summed E-state index contributed by atoms with van der Waals surface area (Å²) < 4.78 is 5.30. The van der Waals surface area contributed by atoms with Gasteiger partial charge in [0, 0.05) is 45.5 Å². The number of nitrogens with zero attached hydrogens (tertiary/aromatic N) is 1. The summed E-state index contributed by atoms with van der Waals surface area (Å²) in [5.41, 5.74) is 1.71. The van der Waals surface area contributed by atoms with Gasteiger partial charge in [0.1, 0.15) is 0 Å². The predicted molar refractivity (Wildman–Crippen MR) is 93.8 cm³/mol. The Morgan fingerprint density at radius 1 is 1.22 bits per heavy atom. The van der Waals surface area contributed by atoms with Crippen LogP contribution in [0.1, 0.15) is 36.2 Å². The molecule has 0 aromatic heterocycles. The molecular weight excluding hydrogens is 292 g/mol. The molecule has 0 atom stereocenters. The molecule has 0 aliphatic heterocycles. The van der Waals surface area contributed by atoms with Crippen molar-refractivity contribution in [2.24, 2.45) is 4.99 Å². The summed E-state index contributed by atoms with van der Waals surface area (Å²) in [7, 11) is 1.74. The highest BCUT2D eigenvalue weighted by molar-refractivity contribution is 5.94. The zero-order valence-corrected chi connectivity index (χ0v) is 14.3. The number of aliphatic imine (C=N–C) groups is 1. The molecule has 0 radical (unpaired) electrons. The quantitative estimate of drug-likeness (QED) is 0.366. The SMILES string of the molecule is CCNC(=O)c1cccc(CNC(=NC)NCCCOCC)c1. The summed E-state index contributed by atoms with van der Waals surface area (Å²) >= 11 is 0. The number of rotatable bonds is 9. The first-order valence-corrected chi connectivity index (χ1v) is 8.10. The number of guanidine groups is 1. The van der Waals surface area contributed by atoms with Crippen LogP contribution in [0.3, 0.4) is 0 Å². The zero-order chi connectivity index (χ0) is 16.9. The van der Waals surface area contributed by atoms with E-state index in [0.717, 1.165) is 37.7 Å². The Kier molecular flexibility index (Phi) is 9.47. The van der Waals surface area contributed by atoms with Gasteiger partial charge < -0.3 is 20.7 Å². The Morgan fingerprint density at radius 2 is 2.04 bits per heavy atom. The van der Waals surface area contributed by atoms with Gasteiger partial charge in [-0.3, -0.25) is 9.79 Å². The monoisotopic (exact) mass is 320 g/mol. The summed E-state index contributed by atoms with van der Waals surface area (Å²) in [5.74, 6) is 0.692. The number of nitrogens with one attached hydrogen (secondary N) is 3. The maximum Gasteiger partial charge on any atom is 0.251 e. The largest absolute Gasteiger partial charge is 0.382 e. The van der Waals surface area contributed by atoms with Crippen molar-refractivity contribution >= 4 is 11.9 Å². The Balaban J connectivity index is 2.43. The number of carbonyl (C=O) groups excluding carboxylic acids is 1. The minimum Gasteiger partial charge on any atom is -0.382 e. The van der Waals surface area contributed by atoms with Crippen molar-refractivity contribution in [3.63, 3.8) is 0 Å². The molecule has 0 fully saturated rings. The van der Waals surface area contributed by atoms with Crippen LogP contribution in [0.4, 0.5) is 0 Å². The summed E-state index contributed by atoms with van der Waals surface area (Å²) in [6.07, 6.45) is 0.932. The third kappa shape index (κ3) is 7.65. The number of benzene rings is 1. The van der Waals surface area contributed by atoms with Gasteiger partial charge in [-0.15, -0.1) is 0 Å². The fourth-order valence-electron chi connectivity index (χ4n) is 2.02. The average Bonchev–Trinajstić information content (AvgIpc) is 2.58. The van der Waals surface area contributed by atoms with E-state index in [2.05, 4.69) is 20.9 Å². The molecule has 1 rings (SSSR count). The highest BCUT2D eigenvalue weighted by atomic mass is 16.5. The second-order valence-electron chi connectivity index (χ2n) is 4.96. The number of hydrogen-bond acceptors (Lipinski definition) is 3. The van der Waals surface area contributed by atoms with Crippen LogP contribution in [0.2, 0.25) is 0 Å². The molecule has 0 saturated heterocycles. The summed E-state index contributed by atoms with van der Waals surface area (Å²) in [6, 6.07) is 7.58. The lowest BCUT2D eigenvalue weighted by atomic mass is 10.1. The Hall–Kier alpha value is -2.08. The number of carbonyl (C=O) groups is 1. The van der Waals surface area contributed by atoms with E-state index in [1.165, 1.54) is 0 Å². The molecule has 0 heterocycles. The lowest BCUT2D eigenvalue weighted by Gasteiger charge is -2.12. The van der Waals surface area contributed by atoms with Crippen molar-refractivity contribution in [3.05, 3.63) is 35.4 Å². The standard InChI is InChI=1S/C17H28N4O2/c1-4-19-16(22)15-9-6-8-14(12-15)13-21-17(18-3)20-10-7-11-23-5-2/h6,8-9,12H,4-5,7,10-11,13H2,1-3H3,(H,19,22)(H2,18,20,21). The summed E-state index contributed by atoms with van der Waals surface area (Å²) in [4.78, 5) is 16.0. The lowest BCUT2D eigenvalue weighted by Crippen LogP contribution is -2.37. The van der Waals surface area contributed by atoms with Crippen molar-refractivity contribution in [2.75, 3.05) is 33.4 Å². The summed E-state index contributed by atoms with van der Waals surface area (Å²) in [5, 5.41) is 9.28. The molecule has 1 aromatic carbocycles. The predicted octanol–water partition coefficient (Wildman–Crippen LogP) is 1.53. The van der Waals surface area contributed by atoms with E-state index in [9.17, 15) is 4.79 Å². The van der Waals surface area contributed by atoms with Gasteiger partial charge >= 0.3 is 0 Å². The van der Waals surface area contributed by atoms with Crippen LogP contribution in [0.15, 0.2) is 29.3 Å². The van der Waals surface area contributed by atoms with E-state index < -0.39 is 0 Å². The van der Waals surface area contributed by atoms with Crippen LogP contribution in [-0.4, -0.2) is 45.2 Å². The van der Waals surface area contributed by atoms with Crippen molar-refractivity contribution in [3.8, 4) is 0 Å². The van der Waals surface area contributed by atoms with Gasteiger partial charge in [-0.25, -0.2) is 0 Å². The van der Waals surface area contributed by atoms with Gasteiger partial charge in [0.05, 0.1) is 0 Å². The second kappa shape index (κ2) is 11.5. The Morgan fingerprint density at radius 3 is 2.74 bits per heavy atom. The normalized spacial score (nSPS) is 11.2. The molecule has 1 aromatic rings. The molecule has 0 bridgehead atoms. The fraction of sp³-hybridized carbons (Fsp3) is 0.529. The molecule has 6 nitrogen and oxygen atoms in total. The Labute approximate surface area is 138 Å². The number of ether oxygens (including phenoxy) is 1. The van der Waals surface area contributed by atoms with Gasteiger partial charge in [0.15, 0.2) is 5.96 Å². The van der Waals surface area contributed by atoms with Gasteiger partial charge in [0.25, 0.3) is 5.91 Å². The van der Waals surface area contributed by atoms with Gasteiger partial charge in [-0.1, -0.05) is 12.1 Å². The van der Waals surface area contributed by atoms with E-state index in [1.54, 1.807) is 7.05 Å². The van der Waals surface area contributed by atoms with Crippen LogP contribution in [0.25, 0.3) is 0 Å². The second-order valence-corrected chi connectivity index (χ2v) is 4.96. The number of amides is 1. The smallest absolute Gasteiger partial charge is 0.251 e. The van der Waals surface area contributed by atoms with Gasteiger partial charge in [0.2, 0.25) is 0 Å². The summed E-state index contributed by atoms with van der Waals surface area (Å²) in [6.45, 7) is 7.42. The van der Waals surface area contributed by atoms with E-state index >= 15 is 0 Å². The average molecular weight is 320 g/mol. The number of hydrogen-bond donors (Lipinski definition) is 3. The fourth-order valence-corrected chi connectivity index (χ4v) is 2.02. The molecular formula is C17H28N4O2. The molecule has 0 unspecified atom stereocenters. The van der Waals surface area contributed by atoms with Crippen LogP contribution in [0.5, 0.6) is 0 Å². The molecule has 3 N–H and O–H groups in total. The molecule has 0 aliphatic carbocycles. The van der Waals surface area contributed by atoms with Gasteiger partial charge in [-0.05, 0) is 38.0 Å². The molecule has 0 spiro atoms. The third-order valence-electron chi connectivity index (χ3n) is 3.17.